The van der Waals surface area contributed by atoms with Crippen molar-refractivity contribution in [2.45, 2.75) is 20.5 Å². The molecule has 0 aliphatic carbocycles. The zero-order valence-corrected chi connectivity index (χ0v) is 15.6. The van der Waals surface area contributed by atoms with Crippen molar-refractivity contribution in [1.29, 1.82) is 0 Å². The number of benzene rings is 1. The highest BCUT2D eigenvalue weighted by atomic mass is 16.5. The van der Waals surface area contributed by atoms with E-state index < -0.39 is 11.9 Å². The summed E-state index contributed by atoms with van der Waals surface area (Å²) < 4.78 is 21.0. The van der Waals surface area contributed by atoms with E-state index in [1.165, 1.54) is 7.11 Å². The molecule has 0 spiro atoms. The Labute approximate surface area is 160 Å². The van der Waals surface area contributed by atoms with E-state index in [4.69, 9.17) is 18.3 Å². The number of aryl methyl sites for hydroxylation is 2. The summed E-state index contributed by atoms with van der Waals surface area (Å²) in [5.74, 6) is 1.42. The Morgan fingerprint density at radius 2 is 1.86 bits per heavy atom. The van der Waals surface area contributed by atoms with Crippen molar-refractivity contribution in [3.8, 4) is 17.2 Å². The van der Waals surface area contributed by atoms with Gasteiger partial charge < -0.3 is 23.6 Å². The highest BCUT2D eigenvalue weighted by Gasteiger charge is 2.16. The lowest BCUT2D eigenvalue weighted by Crippen LogP contribution is -2.30. The van der Waals surface area contributed by atoms with Gasteiger partial charge in [-0.2, -0.15) is 0 Å². The molecule has 0 radical (unpaired) electrons. The predicted octanol–water partition coefficient (Wildman–Crippen LogP) is 2.43. The number of amides is 1. The van der Waals surface area contributed by atoms with Crippen LogP contribution in [0.1, 0.15) is 27.8 Å². The molecule has 0 aliphatic rings. The fourth-order valence-corrected chi connectivity index (χ4v) is 2.45. The fraction of sp³-hybridized carbons (Fsp3) is 0.263. The van der Waals surface area contributed by atoms with Crippen LogP contribution in [0, 0.1) is 13.8 Å². The molecule has 1 aromatic carbocycles. The number of furan rings is 1. The monoisotopic (exact) mass is 385 g/mol. The molecule has 1 N–H and O–H groups in total. The van der Waals surface area contributed by atoms with Crippen molar-refractivity contribution >= 4 is 11.9 Å². The Morgan fingerprint density at radius 3 is 2.50 bits per heavy atom. The molecule has 2 aromatic heterocycles. The first-order chi connectivity index (χ1) is 13.5. The molecule has 0 aliphatic heterocycles. The van der Waals surface area contributed by atoms with Gasteiger partial charge in [-0.05, 0) is 44.2 Å². The number of carbonyl (C=O) groups excluding carboxylic acids is 2. The van der Waals surface area contributed by atoms with Gasteiger partial charge in [0.15, 0.2) is 6.61 Å². The van der Waals surface area contributed by atoms with Crippen LogP contribution in [0.25, 0.3) is 11.5 Å². The van der Waals surface area contributed by atoms with Gasteiger partial charge in [-0.15, -0.1) is 10.2 Å². The second-order valence-corrected chi connectivity index (χ2v) is 5.90. The van der Waals surface area contributed by atoms with E-state index in [-0.39, 0.29) is 24.9 Å². The third-order valence-corrected chi connectivity index (χ3v) is 3.84. The number of nitrogens with one attached hydrogen (secondary N) is 1. The molecule has 9 heteroatoms. The molecule has 1 amide bonds. The molecular formula is C19H19N3O6. The van der Waals surface area contributed by atoms with Crippen molar-refractivity contribution in [2.24, 2.45) is 0 Å². The lowest BCUT2D eigenvalue weighted by molar-refractivity contribution is -0.144. The SMILES string of the molecule is COc1ccc(C(=O)NCC(=O)OCc2nnc(-c3cc(C)oc3C)o2)cc1. The van der Waals surface area contributed by atoms with Crippen LogP contribution >= 0.6 is 0 Å². The van der Waals surface area contributed by atoms with Crippen LogP contribution in [0.4, 0.5) is 0 Å². The number of nitrogens with zero attached hydrogens (tertiary/aromatic N) is 2. The number of rotatable bonds is 7. The maximum atomic E-state index is 12.0. The van der Waals surface area contributed by atoms with Crippen molar-refractivity contribution in [3.63, 3.8) is 0 Å². The summed E-state index contributed by atoms with van der Waals surface area (Å²) in [6.07, 6.45) is 0. The highest BCUT2D eigenvalue weighted by Crippen LogP contribution is 2.25. The number of hydrogen-bond acceptors (Lipinski definition) is 8. The summed E-state index contributed by atoms with van der Waals surface area (Å²) in [6.45, 7) is 3.12. The molecule has 2 heterocycles. The van der Waals surface area contributed by atoms with Crippen LogP contribution in [0.15, 0.2) is 39.2 Å². The van der Waals surface area contributed by atoms with Crippen LogP contribution < -0.4 is 10.1 Å². The van der Waals surface area contributed by atoms with Gasteiger partial charge in [-0.25, -0.2) is 0 Å². The van der Waals surface area contributed by atoms with E-state index in [9.17, 15) is 9.59 Å². The van der Waals surface area contributed by atoms with Crippen LogP contribution in [-0.4, -0.2) is 35.7 Å². The first kappa shape index (κ1) is 19.2. The molecule has 28 heavy (non-hydrogen) atoms. The highest BCUT2D eigenvalue weighted by molar-refractivity contribution is 5.96. The smallest absolute Gasteiger partial charge is 0.325 e. The normalized spacial score (nSPS) is 10.5. The zero-order valence-electron chi connectivity index (χ0n) is 15.6. The molecule has 3 rings (SSSR count). The van der Waals surface area contributed by atoms with Crippen LogP contribution in [0.3, 0.4) is 0 Å². The van der Waals surface area contributed by atoms with Gasteiger partial charge in [-0.3, -0.25) is 9.59 Å². The van der Waals surface area contributed by atoms with Crippen LogP contribution in [0.5, 0.6) is 5.75 Å². The van der Waals surface area contributed by atoms with Crippen molar-refractivity contribution in [2.75, 3.05) is 13.7 Å². The minimum atomic E-state index is -0.628. The second-order valence-electron chi connectivity index (χ2n) is 5.90. The molecule has 0 saturated carbocycles. The van der Waals surface area contributed by atoms with Gasteiger partial charge in [0.1, 0.15) is 23.8 Å². The average Bonchev–Trinajstić information content (AvgIpc) is 3.30. The molecule has 146 valence electrons. The molecule has 0 unspecified atom stereocenters. The van der Waals surface area contributed by atoms with Crippen molar-refractivity contribution in [1.82, 2.24) is 15.5 Å². The number of methoxy groups -OCH3 is 1. The quantitative estimate of drug-likeness (QED) is 0.616. The Morgan fingerprint density at radius 1 is 1.11 bits per heavy atom. The molecule has 0 bridgehead atoms. The lowest BCUT2D eigenvalue weighted by Gasteiger charge is -2.06. The number of hydrogen-bond donors (Lipinski definition) is 1. The van der Waals surface area contributed by atoms with Crippen LogP contribution in [0.2, 0.25) is 0 Å². The topological polar surface area (TPSA) is 117 Å². The Balaban J connectivity index is 1.48. The van der Waals surface area contributed by atoms with Gasteiger partial charge >= 0.3 is 5.97 Å². The summed E-state index contributed by atoms with van der Waals surface area (Å²) in [7, 11) is 1.54. The largest absolute Gasteiger partial charge is 0.497 e. The summed E-state index contributed by atoms with van der Waals surface area (Å²) >= 11 is 0. The molecular weight excluding hydrogens is 366 g/mol. The Bertz CT molecular complexity index is 974. The standard InChI is InChI=1S/C19H19N3O6/c1-11-8-15(12(2)27-11)19-22-21-16(28-19)10-26-17(23)9-20-18(24)13-4-6-14(25-3)7-5-13/h4-8H,9-10H2,1-3H3,(H,20,24). The second kappa shape index (κ2) is 8.38. The van der Waals surface area contributed by atoms with E-state index in [1.54, 1.807) is 37.3 Å². The van der Waals surface area contributed by atoms with E-state index in [2.05, 4.69) is 15.5 Å². The maximum Gasteiger partial charge on any atom is 0.325 e. The third kappa shape index (κ3) is 4.56. The molecule has 9 nitrogen and oxygen atoms in total. The zero-order chi connectivity index (χ0) is 20.1. The van der Waals surface area contributed by atoms with Gasteiger partial charge in [-0.1, -0.05) is 0 Å². The lowest BCUT2D eigenvalue weighted by atomic mass is 10.2. The summed E-state index contributed by atoms with van der Waals surface area (Å²) in [6, 6.07) is 8.29. The first-order valence-electron chi connectivity index (χ1n) is 8.44. The molecule has 0 fully saturated rings. The van der Waals surface area contributed by atoms with Gasteiger partial charge in [0.2, 0.25) is 0 Å². The van der Waals surface area contributed by atoms with E-state index in [0.717, 1.165) is 5.76 Å². The van der Waals surface area contributed by atoms with E-state index in [1.807, 2.05) is 6.92 Å². The molecule has 3 aromatic rings. The number of carbonyl (C=O) groups is 2. The minimum absolute atomic E-state index is 0.142. The number of esters is 1. The summed E-state index contributed by atoms with van der Waals surface area (Å²) in [5, 5.41) is 10.2. The van der Waals surface area contributed by atoms with Crippen LogP contribution in [-0.2, 0) is 16.1 Å². The Hall–Kier alpha value is -3.62. The number of ether oxygens (including phenoxy) is 2. The number of aromatic nitrogens is 2. The summed E-state index contributed by atoms with van der Waals surface area (Å²) in [4.78, 5) is 23.8. The van der Waals surface area contributed by atoms with E-state index >= 15 is 0 Å². The fourth-order valence-electron chi connectivity index (χ4n) is 2.45. The predicted molar refractivity (Wildman–Crippen MR) is 96.6 cm³/mol. The van der Waals surface area contributed by atoms with Crippen molar-refractivity contribution in [3.05, 3.63) is 53.3 Å². The third-order valence-electron chi connectivity index (χ3n) is 3.84. The maximum absolute atomic E-state index is 12.0. The van der Waals surface area contributed by atoms with E-state index in [0.29, 0.717) is 22.6 Å². The minimum Gasteiger partial charge on any atom is -0.497 e. The summed E-state index contributed by atoms with van der Waals surface area (Å²) in [5.41, 5.74) is 1.09. The van der Waals surface area contributed by atoms with Crippen molar-refractivity contribution < 1.29 is 27.9 Å². The Kier molecular flexibility index (Phi) is 5.73. The first-order valence-corrected chi connectivity index (χ1v) is 8.44. The van der Waals surface area contributed by atoms with Gasteiger partial charge in [0, 0.05) is 5.56 Å². The average molecular weight is 385 g/mol. The van der Waals surface area contributed by atoms with Gasteiger partial charge in [0.05, 0.1) is 12.7 Å². The molecule has 0 saturated heterocycles. The van der Waals surface area contributed by atoms with Gasteiger partial charge in [0.25, 0.3) is 17.7 Å². The molecule has 0 atom stereocenters.